The van der Waals surface area contributed by atoms with Gasteiger partial charge in [-0.25, -0.2) is 4.98 Å². The van der Waals surface area contributed by atoms with Gasteiger partial charge < -0.3 is 15.5 Å². The third-order valence-corrected chi connectivity index (χ3v) is 4.42. The SMILES string of the molecule is CC(=O)c1c(C)oc(Nc2nc3ccc(Cl)cc3s2)c1C(N)=O. The fraction of sp³-hybridized carbons (Fsp3) is 0.133. The molecular formula is C15H12ClN3O3S. The number of benzene rings is 1. The van der Waals surface area contributed by atoms with Crippen molar-refractivity contribution in [1.82, 2.24) is 4.98 Å². The number of anilines is 2. The maximum Gasteiger partial charge on any atom is 0.255 e. The van der Waals surface area contributed by atoms with Gasteiger partial charge in [-0.3, -0.25) is 9.59 Å². The van der Waals surface area contributed by atoms with Crippen molar-refractivity contribution < 1.29 is 14.0 Å². The molecule has 3 rings (SSSR count). The van der Waals surface area contributed by atoms with Gasteiger partial charge in [-0.15, -0.1) is 0 Å². The van der Waals surface area contributed by atoms with Crippen molar-refractivity contribution in [3.8, 4) is 0 Å². The number of amides is 1. The predicted octanol–water partition coefficient (Wildman–Crippen LogP) is 3.90. The van der Waals surface area contributed by atoms with Crippen LogP contribution in [0.2, 0.25) is 5.02 Å². The second-order valence-electron chi connectivity index (χ2n) is 4.91. The highest BCUT2D eigenvalue weighted by Gasteiger charge is 2.25. The third kappa shape index (κ3) is 2.80. The summed E-state index contributed by atoms with van der Waals surface area (Å²) in [7, 11) is 0. The van der Waals surface area contributed by atoms with Gasteiger partial charge in [-0.2, -0.15) is 0 Å². The number of hydrogen-bond donors (Lipinski definition) is 2. The number of halogens is 1. The number of rotatable bonds is 4. The lowest BCUT2D eigenvalue weighted by Crippen LogP contribution is -2.15. The molecule has 0 aliphatic carbocycles. The van der Waals surface area contributed by atoms with Crippen molar-refractivity contribution in [2.45, 2.75) is 13.8 Å². The highest BCUT2D eigenvalue weighted by atomic mass is 35.5. The molecule has 0 unspecified atom stereocenters. The molecule has 0 fully saturated rings. The Hall–Kier alpha value is -2.38. The van der Waals surface area contributed by atoms with Gasteiger partial charge in [0.05, 0.1) is 15.8 Å². The van der Waals surface area contributed by atoms with E-state index in [4.69, 9.17) is 21.8 Å². The zero-order valence-corrected chi connectivity index (χ0v) is 13.8. The molecule has 8 heteroatoms. The highest BCUT2D eigenvalue weighted by Crippen LogP contribution is 2.34. The molecule has 1 amide bonds. The van der Waals surface area contributed by atoms with Crippen LogP contribution in [0.4, 0.5) is 11.0 Å². The van der Waals surface area contributed by atoms with E-state index in [9.17, 15) is 9.59 Å². The number of carbonyl (C=O) groups is 2. The Morgan fingerprint density at radius 1 is 1.35 bits per heavy atom. The van der Waals surface area contributed by atoms with Crippen molar-refractivity contribution in [1.29, 1.82) is 0 Å². The number of thiazole rings is 1. The molecule has 0 aliphatic rings. The summed E-state index contributed by atoms with van der Waals surface area (Å²) in [4.78, 5) is 27.8. The zero-order chi connectivity index (χ0) is 16.7. The van der Waals surface area contributed by atoms with E-state index in [1.807, 2.05) is 0 Å². The fourth-order valence-corrected chi connectivity index (χ4v) is 3.48. The fourth-order valence-electron chi connectivity index (χ4n) is 2.34. The smallest absolute Gasteiger partial charge is 0.255 e. The Morgan fingerprint density at radius 3 is 2.74 bits per heavy atom. The summed E-state index contributed by atoms with van der Waals surface area (Å²) in [6, 6.07) is 5.33. The predicted molar refractivity (Wildman–Crippen MR) is 89.9 cm³/mol. The Balaban J connectivity index is 2.06. The second kappa shape index (κ2) is 5.68. The summed E-state index contributed by atoms with van der Waals surface area (Å²) in [5.41, 5.74) is 6.37. The van der Waals surface area contributed by atoms with Gasteiger partial charge in [-0.05, 0) is 32.0 Å². The van der Waals surface area contributed by atoms with Crippen LogP contribution in [0.5, 0.6) is 0 Å². The summed E-state index contributed by atoms with van der Waals surface area (Å²) >= 11 is 7.30. The number of carbonyl (C=O) groups excluding carboxylic acids is 2. The molecule has 2 heterocycles. The molecule has 1 aromatic carbocycles. The first kappa shape index (κ1) is 15.5. The monoisotopic (exact) mass is 349 g/mol. The Labute approximate surface area is 140 Å². The number of furan rings is 1. The van der Waals surface area contributed by atoms with Crippen molar-refractivity contribution in [2.75, 3.05) is 5.32 Å². The number of ketones is 1. The van der Waals surface area contributed by atoms with E-state index in [0.717, 1.165) is 10.2 Å². The number of primary amides is 1. The highest BCUT2D eigenvalue weighted by molar-refractivity contribution is 7.22. The van der Waals surface area contributed by atoms with E-state index in [0.29, 0.717) is 15.9 Å². The summed E-state index contributed by atoms with van der Waals surface area (Å²) in [5.74, 6) is -0.578. The molecule has 0 bridgehead atoms. The average Bonchev–Trinajstić information content (AvgIpc) is 2.98. The summed E-state index contributed by atoms with van der Waals surface area (Å²) in [5, 5.41) is 4.04. The van der Waals surface area contributed by atoms with E-state index in [2.05, 4.69) is 10.3 Å². The molecule has 2 aromatic heterocycles. The lowest BCUT2D eigenvalue weighted by Gasteiger charge is -2.00. The van der Waals surface area contributed by atoms with Crippen LogP contribution in [-0.2, 0) is 0 Å². The Bertz CT molecular complexity index is 945. The molecule has 118 valence electrons. The number of aryl methyl sites for hydroxylation is 1. The third-order valence-electron chi connectivity index (χ3n) is 3.25. The van der Waals surface area contributed by atoms with E-state index < -0.39 is 5.91 Å². The Kier molecular flexibility index (Phi) is 3.83. The van der Waals surface area contributed by atoms with Crippen LogP contribution < -0.4 is 11.1 Å². The standard InChI is InChI=1S/C15H12ClN3O3S/c1-6(20)11-7(2)22-14(12(11)13(17)21)19-15-18-9-4-3-8(16)5-10(9)23-15/h3-5H,1-2H3,(H2,17,21)(H,18,19). The number of nitrogens with zero attached hydrogens (tertiary/aromatic N) is 1. The molecule has 3 aromatic rings. The van der Waals surface area contributed by atoms with Gasteiger partial charge in [0.25, 0.3) is 5.91 Å². The van der Waals surface area contributed by atoms with E-state index in [1.54, 1.807) is 25.1 Å². The minimum atomic E-state index is -0.737. The summed E-state index contributed by atoms with van der Waals surface area (Å²) < 4.78 is 6.38. The number of Topliss-reactive ketones (excluding diaryl/α,β-unsaturated/α-hetero) is 1. The normalized spacial score (nSPS) is 10.9. The van der Waals surface area contributed by atoms with Crippen LogP contribution in [0.25, 0.3) is 10.2 Å². The van der Waals surface area contributed by atoms with Gasteiger partial charge in [0.1, 0.15) is 11.3 Å². The molecule has 0 saturated carbocycles. The van der Waals surface area contributed by atoms with Crippen LogP contribution in [0.15, 0.2) is 22.6 Å². The number of nitrogens with one attached hydrogen (secondary N) is 1. The molecule has 23 heavy (non-hydrogen) atoms. The van der Waals surface area contributed by atoms with Crippen LogP contribution in [0.3, 0.4) is 0 Å². The van der Waals surface area contributed by atoms with Gasteiger partial charge in [0, 0.05) is 5.02 Å². The number of nitrogens with two attached hydrogens (primary N) is 1. The van der Waals surface area contributed by atoms with E-state index in [-0.39, 0.29) is 22.8 Å². The number of hydrogen-bond acceptors (Lipinski definition) is 6. The summed E-state index contributed by atoms with van der Waals surface area (Å²) in [6.07, 6.45) is 0. The minimum Gasteiger partial charge on any atom is -0.444 e. The summed E-state index contributed by atoms with van der Waals surface area (Å²) in [6.45, 7) is 2.96. The number of fused-ring (bicyclic) bond motifs is 1. The molecule has 0 radical (unpaired) electrons. The van der Waals surface area contributed by atoms with Crippen molar-refractivity contribution in [3.05, 3.63) is 40.1 Å². The van der Waals surface area contributed by atoms with Crippen LogP contribution >= 0.6 is 22.9 Å². The lowest BCUT2D eigenvalue weighted by atomic mass is 10.1. The molecule has 0 aliphatic heterocycles. The van der Waals surface area contributed by atoms with Crippen LogP contribution in [0, 0.1) is 6.92 Å². The van der Waals surface area contributed by atoms with Crippen LogP contribution in [0.1, 0.15) is 33.4 Å². The maximum absolute atomic E-state index is 11.7. The van der Waals surface area contributed by atoms with Gasteiger partial charge in [0.15, 0.2) is 10.9 Å². The van der Waals surface area contributed by atoms with Gasteiger partial charge >= 0.3 is 0 Å². The maximum atomic E-state index is 11.7. The zero-order valence-electron chi connectivity index (χ0n) is 12.3. The first-order valence-electron chi connectivity index (χ1n) is 6.64. The molecular weight excluding hydrogens is 338 g/mol. The quantitative estimate of drug-likeness (QED) is 0.696. The Morgan fingerprint density at radius 2 is 2.09 bits per heavy atom. The van der Waals surface area contributed by atoms with Gasteiger partial charge in [-0.1, -0.05) is 22.9 Å². The van der Waals surface area contributed by atoms with Crippen molar-refractivity contribution in [3.63, 3.8) is 0 Å². The molecule has 3 N–H and O–H groups in total. The molecule has 6 nitrogen and oxygen atoms in total. The largest absolute Gasteiger partial charge is 0.444 e. The lowest BCUT2D eigenvalue weighted by molar-refractivity contribution is 0.0974. The van der Waals surface area contributed by atoms with Crippen molar-refractivity contribution in [2.24, 2.45) is 5.73 Å². The first-order chi connectivity index (χ1) is 10.9. The first-order valence-corrected chi connectivity index (χ1v) is 7.83. The minimum absolute atomic E-state index is 0.0345. The number of aromatic nitrogens is 1. The molecule has 0 spiro atoms. The van der Waals surface area contributed by atoms with Gasteiger partial charge in [0.2, 0.25) is 5.88 Å². The van der Waals surface area contributed by atoms with E-state index in [1.165, 1.54) is 18.3 Å². The topological polar surface area (TPSA) is 98.2 Å². The molecule has 0 atom stereocenters. The average molecular weight is 350 g/mol. The van der Waals surface area contributed by atoms with E-state index >= 15 is 0 Å². The molecule has 0 saturated heterocycles. The second-order valence-corrected chi connectivity index (χ2v) is 6.38. The van der Waals surface area contributed by atoms with Crippen LogP contribution in [-0.4, -0.2) is 16.7 Å². The van der Waals surface area contributed by atoms with Crippen molar-refractivity contribution >= 4 is 55.9 Å².